The molecule has 0 spiro atoms. The van der Waals surface area contributed by atoms with Crippen molar-refractivity contribution in [2.24, 2.45) is 5.92 Å². The molecule has 0 aromatic rings. The average molecular weight is 382 g/mol. The van der Waals surface area contributed by atoms with Gasteiger partial charge in [0.05, 0.1) is 0 Å². The van der Waals surface area contributed by atoms with Gasteiger partial charge in [-0.05, 0) is 18.5 Å². The fourth-order valence-electron chi connectivity index (χ4n) is 1.42. The van der Waals surface area contributed by atoms with E-state index in [4.69, 9.17) is 0 Å². The summed E-state index contributed by atoms with van der Waals surface area (Å²) in [6, 6.07) is 0. The Bertz CT molecular complexity index is 85.6. The van der Waals surface area contributed by atoms with Gasteiger partial charge in [0.1, 0.15) is 0 Å². The van der Waals surface area contributed by atoms with E-state index < -0.39 is 6.17 Å². The molecule has 0 aromatic heterocycles. The smallest absolute Gasteiger partial charge is 0.358 e. The number of halogens is 1. The van der Waals surface area contributed by atoms with Gasteiger partial charge < -0.3 is 7.43 Å². The van der Waals surface area contributed by atoms with E-state index in [0.29, 0.717) is 5.92 Å². The van der Waals surface area contributed by atoms with Gasteiger partial charge in [0, 0.05) is 0 Å². The fourth-order valence-corrected chi connectivity index (χ4v) is 1.42. The van der Waals surface area contributed by atoms with Gasteiger partial charge in [-0.3, -0.25) is 10.8 Å². The predicted octanol–water partition coefficient (Wildman–Crippen LogP) is 3.19. The Balaban J connectivity index is 0. The standard InChI is InChI=1S/C8H14F.CH3.U/c1-2-7-4-3-5-8(9)6-7;;/h5,7-8H,2-4,6H2,1H3;1H3;/q2*-1;+2/t7?,8-;;/m0../s1. The quantitative estimate of drug-likeness (QED) is 0.612. The molecule has 0 aliphatic heterocycles. The summed E-state index contributed by atoms with van der Waals surface area (Å²) in [6.07, 6.45) is 5.30. The number of hydrogen-bond donors (Lipinski definition) is 0. The van der Waals surface area contributed by atoms with Crippen molar-refractivity contribution in [3.63, 3.8) is 0 Å². The largest absolute Gasteiger partial charge is 2.00 e. The molecule has 0 N–H and O–H groups in total. The molecule has 1 aliphatic carbocycles. The van der Waals surface area contributed by atoms with Crippen molar-refractivity contribution in [3.8, 4) is 0 Å². The first kappa shape index (κ1) is 14.5. The van der Waals surface area contributed by atoms with E-state index in [1.54, 1.807) is 6.42 Å². The molecule has 1 aliphatic rings. The molecule has 0 radical (unpaired) electrons. The van der Waals surface area contributed by atoms with E-state index in [0.717, 1.165) is 19.3 Å². The van der Waals surface area contributed by atoms with Crippen LogP contribution in [0.3, 0.4) is 0 Å². The van der Waals surface area contributed by atoms with Gasteiger partial charge in [0.15, 0.2) is 0 Å². The predicted molar refractivity (Wildman–Crippen MR) is 43.2 cm³/mol. The van der Waals surface area contributed by atoms with Crippen LogP contribution in [0.4, 0.5) is 4.39 Å². The van der Waals surface area contributed by atoms with E-state index in [-0.39, 0.29) is 38.5 Å². The second kappa shape index (κ2) is 7.62. The van der Waals surface area contributed by atoms with Crippen LogP contribution in [0.25, 0.3) is 0 Å². The molecule has 0 nitrogen and oxygen atoms in total. The van der Waals surface area contributed by atoms with Crippen molar-refractivity contribution in [2.75, 3.05) is 0 Å². The Morgan fingerprint density at radius 2 is 2.18 bits per heavy atom. The molecule has 0 bridgehead atoms. The molecule has 1 rings (SSSR count). The maximum absolute atomic E-state index is 12.6. The minimum absolute atomic E-state index is 0. The summed E-state index contributed by atoms with van der Waals surface area (Å²) in [5, 5.41) is 0. The van der Waals surface area contributed by atoms with Crippen LogP contribution in [0.2, 0.25) is 0 Å². The number of hydrogen-bond acceptors (Lipinski definition) is 0. The van der Waals surface area contributed by atoms with E-state index in [9.17, 15) is 4.39 Å². The molecular weight excluding hydrogens is 365 g/mol. The topological polar surface area (TPSA) is 0 Å². The van der Waals surface area contributed by atoms with Crippen molar-refractivity contribution in [1.29, 1.82) is 0 Å². The summed E-state index contributed by atoms with van der Waals surface area (Å²) in [6.45, 7) is 2.14. The van der Waals surface area contributed by atoms with Crippen molar-refractivity contribution in [3.05, 3.63) is 13.8 Å². The molecular formula is C9H17FU. The van der Waals surface area contributed by atoms with Gasteiger partial charge in [-0.1, -0.05) is 19.8 Å². The maximum Gasteiger partial charge on any atom is 2.00 e. The minimum atomic E-state index is -0.608. The third-order valence-corrected chi connectivity index (χ3v) is 2.13. The van der Waals surface area contributed by atoms with Crippen LogP contribution in [0.1, 0.15) is 32.6 Å². The van der Waals surface area contributed by atoms with Crippen LogP contribution in [-0.2, 0) is 0 Å². The van der Waals surface area contributed by atoms with Gasteiger partial charge in [-0.25, -0.2) is 0 Å². The summed E-state index contributed by atoms with van der Waals surface area (Å²) >= 11 is 0. The van der Waals surface area contributed by atoms with Crippen LogP contribution in [-0.4, -0.2) is 6.17 Å². The van der Waals surface area contributed by atoms with Crippen LogP contribution < -0.4 is 0 Å². The Kier molecular flexibility index (Phi) is 10.0. The van der Waals surface area contributed by atoms with Crippen molar-refractivity contribution in [1.82, 2.24) is 0 Å². The molecule has 0 aromatic carbocycles. The molecule has 11 heavy (non-hydrogen) atoms. The number of alkyl halides is 1. The molecule has 1 saturated carbocycles. The second-order valence-corrected chi connectivity index (χ2v) is 2.84. The Morgan fingerprint density at radius 3 is 2.55 bits per heavy atom. The monoisotopic (exact) mass is 382 g/mol. The van der Waals surface area contributed by atoms with Crippen molar-refractivity contribution in [2.45, 2.75) is 38.8 Å². The Hall–Kier alpha value is 0.982. The van der Waals surface area contributed by atoms with Gasteiger partial charge >= 0.3 is 31.1 Å². The van der Waals surface area contributed by atoms with E-state index in [1.807, 2.05) is 0 Å². The first-order valence-corrected chi connectivity index (χ1v) is 3.80. The zero-order valence-corrected chi connectivity index (χ0v) is 11.6. The first-order valence-electron chi connectivity index (χ1n) is 3.80. The maximum atomic E-state index is 12.6. The Labute approximate surface area is 93.7 Å². The van der Waals surface area contributed by atoms with E-state index in [1.165, 1.54) is 6.42 Å². The minimum Gasteiger partial charge on any atom is -0.358 e. The molecule has 1 unspecified atom stereocenters. The Morgan fingerprint density at radius 1 is 1.55 bits per heavy atom. The van der Waals surface area contributed by atoms with Crippen LogP contribution >= 0.6 is 0 Å². The van der Waals surface area contributed by atoms with Gasteiger partial charge in [0.2, 0.25) is 0 Å². The van der Waals surface area contributed by atoms with Gasteiger partial charge in [-0.15, -0.1) is 0 Å². The molecule has 0 amide bonds. The molecule has 0 heterocycles. The average Bonchev–Trinajstić information content (AvgIpc) is 1.88. The molecule has 2 atom stereocenters. The van der Waals surface area contributed by atoms with Crippen LogP contribution in [0.5, 0.6) is 0 Å². The van der Waals surface area contributed by atoms with E-state index >= 15 is 0 Å². The molecule has 1 fully saturated rings. The van der Waals surface area contributed by atoms with Crippen LogP contribution in [0, 0.1) is 50.9 Å². The van der Waals surface area contributed by atoms with Gasteiger partial charge in [0.25, 0.3) is 0 Å². The normalized spacial score (nSPS) is 30.0. The SMILES string of the molecule is CCC1CC[CH-][C@H](F)C1.[CH3-].[U+2]. The van der Waals surface area contributed by atoms with Crippen molar-refractivity contribution < 1.29 is 35.5 Å². The zero-order chi connectivity index (χ0) is 6.69. The summed E-state index contributed by atoms with van der Waals surface area (Å²) in [4.78, 5) is 0. The summed E-state index contributed by atoms with van der Waals surface area (Å²) in [5.41, 5.74) is 0. The second-order valence-electron chi connectivity index (χ2n) is 2.84. The van der Waals surface area contributed by atoms with E-state index in [2.05, 4.69) is 6.92 Å². The van der Waals surface area contributed by atoms with Gasteiger partial charge in [-0.2, -0.15) is 6.42 Å². The fraction of sp³-hybridized carbons (Fsp3) is 0.778. The summed E-state index contributed by atoms with van der Waals surface area (Å²) in [5.74, 6) is 0.657. The van der Waals surface area contributed by atoms with Crippen molar-refractivity contribution >= 4 is 0 Å². The zero-order valence-electron chi connectivity index (χ0n) is 7.44. The first-order chi connectivity index (χ1) is 4.33. The third-order valence-electron chi connectivity index (χ3n) is 2.13. The molecule has 0 saturated heterocycles. The molecule has 2 heteroatoms. The summed E-state index contributed by atoms with van der Waals surface area (Å²) in [7, 11) is 0. The summed E-state index contributed by atoms with van der Waals surface area (Å²) < 4.78 is 12.6. The number of rotatable bonds is 1. The van der Waals surface area contributed by atoms with Crippen LogP contribution in [0.15, 0.2) is 0 Å². The third kappa shape index (κ3) is 5.26. The molecule has 64 valence electrons.